The van der Waals surface area contributed by atoms with Gasteiger partial charge in [0.25, 0.3) is 5.91 Å². The number of hydrogen-bond donors (Lipinski definition) is 2. The van der Waals surface area contributed by atoms with Crippen molar-refractivity contribution in [1.82, 2.24) is 15.5 Å². The lowest BCUT2D eigenvalue weighted by atomic mass is 10.1. The number of benzene rings is 1. The van der Waals surface area contributed by atoms with E-state index in [1.807, 2.05) is 25.1 Å². The fourth-order valence-electron chi connectivity index (χ4n) is 1.75. The third-order valence-corrected chi connectivity index (χ3v) is 2.72. The largest absolute Gasteiger partial charge is 0.387 e. The highest BCUT2D eigenvalue weighted by molar-refractivity contribution is 5.99. The van der Waals surface area contributed by atoms with E-state index < -0.39 is 0 Å². The number of carbonyl (C=O) groups is 1. The summed E-state index contributed by atoms with van der Waals surface area (Å²) in [6.07, 6.45) is 1.86. The second-order valence-corrected chi connectivity index (χ2v) is 4.14. The number of carbonyl (C=O) groups excluding carboxylic acids is 1. The van der Waals surface area contributed by atoms with Gasteiger partial charge in [0.15, 0.2) is 6.33 Å². The van der Waals surface area contributed by atoms with E-state index >= 15 is 0 Å². The van der Waals surface area contributed by atoms with Crippen molar-refractivity contribution in [2.45, 2.75) is 13.3 Å². The molecule has 6 heteroatoms. The summed E-state index contributed by atoms with van der Waals surface area (Å²) < 4.78 is 4.86. The number of rotatable bonds is 5. The molecule has 0 aliphatic carbocycles. The molecule has 100 valence electrons. The number of anilines is 1. The summed E-state index contributed by atoms with van der Waals surface area (Å²) in [4.78, 5) is 16.0. The minimum Gasteiger partial charge on any atom is -0.387 e. The first-order valence-corrected chi connectivity index (χ1v) is 6.03. The Balaban J connectivity index is 1.97. The average molecular weight is 260 g/mol. The molecular formula is C13H16N4O2. The molecule has 6 nitrogen and oxygen atoms in total. The molecule has 1 aromatic heterocycles. The van der Waals surface area contributed by atoms with Crippen molar-refractivity contribution in [1.29, 1.82) is 0 Å². The standard InChI is InChI=1S/C13H16N4O2/c1-9-3-4-11(14-2)10(7-9)13(18)15-6-5-12-16-8-17-19-12/h3-4,7-8,14H,5-6H2,1-2H3,(H,15,18). The summed E-state index contributed by atoms with van der Waals surface area (Å²) >= 11 is 0. The Morgan fingerprint density at radius 2 is 2.26 bits per heavy atom. The first kappa shape index (κ1) is 13.1. The summed E-state index contributed by atoms with van der Waals surface area (Å²) in [5.41, 5.74) is 2.48. The molecule has 19 heavy (non-hydrogen) atoms. The number of aromatic nitrogens is 2. The molecule has 0 unspecified atom stereocenters. The highest BCUT2D eigenvalue weighted by atomic mass is 16.5. The predicted octanol–water partition coefficient (Wildman–Crippen LogP) is 1.39. The van der Waals surface area contributed by atoms with Gasteiger partial charge in [-0.3, -0.25) is 4.79 Å². The molecule has 1 amide bonds. The van der Waals surface area contributed by atoms with Gasteiger partial charge in [-0.1, -0.05) is 16.8 Å². The topological polar surface area (TPSA) is 80.0 Å². The molecule has 2 N–H and O–H groups in total. The van der Waals surface area contributed by atoms with Crippen LogP contribution in [-0.4, -0.2) is 29.6 Å². The monoisotopic (exact) mass is 260 g/mol. The van der Waals surface area contributed by atoms with Crippen LogP contribution in [0.1, 0.15) is 21.8 Å². The number of hydrogen-bond acceptors (Lipinski definition) is 5. The SMILES string of the molecule is CNc1ccc(C)cc1C(=O)NCCc1ncno1. The normalized spacial score (nSPS) is 10.2. The molecule has 2 aromatic rings. The van der Waals surface area contributed by atoms with E-state index in [-0.39, 0.29) is 5.91 Å². The Labute approximate surface area is 111 Å². The molecule has 2 rings (SSSR count). The van der Waals surface area contributed by atoms with E-state index in [1.165, 1.54) is 6.33 Å². The van der Waals surface area contributed by atoms with Gasteiger partial charge >= 0.3 is 0 Å². The van der Waals surface area contributed by atoms with Gasteiger partial charge in [-0.2, -0.15) is 4.98 Å². The van der Waals surface area contributed by atoms with E-state index in [0.29, 0.717) is 24.4 Å². The second kappa shape index (κ2) is 5.99. The number of nitrogens with one attached hydrogen (secondary N) is 2. The van der Waals surface area contributed by atoms with Gasteiger partial charge in [0, 0.05) is 25.7 Å². The minimum atomic E-state index is -0.118. The van der Waals surface area contributed by atoms with Crippen molar-refractivity contribution in [2.75, 3.05) is 18.9 Å². The Kier molecular flexibility index (Phi) is 4.12. The summed E-state index contributed by atoms with van der Waals surface area (Å²) in [6.45, 7) is 2.41. The van der Waals surface area contributed by atoms with Crippen LogP contribution in [0, 0.1) is 6.92 Å². The van der Waals surface area contributed by atoms with E-state index in [0.717, 1.165) is 11.3 Å². The van der Waals surface area contributed by atoms with Gasteiger partial charge < -0.3 is 15.2 Å². The van der Waals surface area contributed by atoms with E-state index in [4.69, 9.17) is 4.52 Å². The summed E-state index contributed by atoms with van der Waals surface area (Å²) in [5, 5.41) is 9.35. The zero-order valence-electron chi connectivity index (χ0n) is 10.9. The zero-order valence-corrected chi connectivity index (χ0v) is 10.9. The molecule has 0 atom stereocenters. The fourth-order valence-corrected chi connectivity index (χ4v) is 1.75. The van der Waals surface area contributed by atoms with Crippen LogP contribution in [0.15, 0.2) is 29.0 Å². The maximum Gasteiger partial charge on any atom is 0.253 e. The Bertz CT molecular complexity index is 552. The first-order chi connectivity index (χ1) is 9.20. The van der Waals surface area contributed by atoms with Crippen molar-refractivity contribution < 1.29 is 9.32 Å². The van der Waals surface area contributed by atoms with Crippen LogP contribution >= 0.6 is 0 Å². The smallest absolute Gasteiger partial charge is 0.253 e. The highest BCUT2D eigenvalue weighted by Gasteiger charge is 2.10. The van der Waals surface area contributed by atoms with Crippen molar-refractivity contribution in [2.24, 2.45) is 0 Å². The van der Waals surface area contributed by atoms with Crippen LogP contribution in [0.2, 0.25) is 0 Å². The van der Waals surface area contributed by atoms with Crippen molar-refractivity contribution >= 4 is 11.6 Å². The quantitative estimate of drug-likeness (QED) is 0.849. The van der Waals surface area contributed by atoms with Crippen LogP contribution in [0.25, 0.3) is 0 Å². The Morgan fingerprint density at radius 3 is 2.95 bits per heavy atom. The number of aryl methyl sites for hydroxylation is 1. The Morgan fingerprint density at radius 1 is 1.42 bits per heavy atom. The third kappa shape index (κ3) is 3.31. The number of amides is 1. The molecule has 1 heterocycles. The molecule has 1 aromatic carbocycles. The van der Waals surface area contributed by atoms with Gasteiger partial charge in [0.05, 0.1) is 5.56 Å². The van der Waals surface area contributed by atoms with Gasteiger partial charge in [0.2, 0.25) is 5.89 Å². The van der Waals surface area contributed by atoms with Crippen molar-refractivity contribution in [3.63, 3.8) is 0 Å². The van der Waals surface area contributed by atoms with Gasteiger partial charge in [-0.25, -0.2) is 0 Å². The molecule has 0 saturated carbocycles. The molecule has 0 saturated heterocycles. The van der Waals surface area contributed by atoms with Crippen molar-refractivity contribution in [3.05, 3.63) is 41.5 Å². The van der Waals surface area contributed by atoms with Crippen LogP contribution in [0.4, 0.5) is 5.69 Å². The van der Waals surface area contributed by atoms with E-state index in [1.54, 1.807) is 7.05 Å². The van der Waals surface area contributed by atoms with Gasteiger partial charge in [0.1, 0.15) is 0 Å². The van der Waals surface area contributed by atoms with Crippen molar-refractivity contribution in [3.8, 4) is 0 Å². The predicted molar refractivity (Wildman–Crippen MR) is 71.1 cm³/mol. The average Bonchev–Trinajstić information content (AvgIpc) is 2.91. The zero-order chi connectivity index (χ0) is 13.7. The van der Waals surface area contributed by atoms with Crippen LogP contribution in [-0.2, 0) is 6.42 Å². The molecule has 0 fully saturated rings. The first-order valence-electron chi connectivity index (χ1n) is 6.03. The highest BCUT2D eigenvalue weighted by Crippen LogP contribution is 2.16. The lowest BCUT2D eigenvalue weighted by molar-refractivity contribution is 0.0954. The minimum absolute atomic E-state index is 0.118. The fraction of sp³-hybridized carbons (Fsp3) is 0.308. The lowest BCUT2D eigenvalue weighted by Gasteiger charge is -2.10. The van der Waals surface area contributed by atoms with Crippen LogP contribution in [0.3, 0.4) is 0 Å². The molecular weight excluding hydrogens is 244 g/mol. The Hall–Kier alpha value is -2.37. The summed E-state index contributed by atoms with van der Waals surface area (Å²) in [6, 6.07) is 5.71. The summed E-state index contributed by atoms with van der Waals surface area (Å²) in [5.74, 6) is 0.394. The molecule has 0 bridgehead atoms. The third-order valence-electron chi connectivity index (χ3n) is 2.72. The lowest BCUT2D eigenvalue weighted by Crippen LogP contribution is -2.26. The van der Waals surface area contributed by atoms with Crippen LogP contribution in [0.5, 0.6) is 0 Å². The molecule has 0 aliphatic rings. The number of nitrogens with zero attached hydrogens (tertiary/aromatic N) is 2. The van der Waals surface area contributed by atoms with Crippen LogP contribution < -0.4 is 10.6 Å². The maximum atomic E-state index is 12.1. The van der Waals surface area contributed by atoms with Gasteiger partial charge in [-0.05, 0) is 19.1 Å². The maximum absolute atomic E-state index is 12.1. The summed E-state index contributed by atoms with van der Waals surface area (Å²) in [7, 11) is 1.79. The van der Waals surface area contributed by atoms with Gasteiger partial charge in [-0.15, -0.1) is 0 Å². The van der Waals surface area contributed by atoms with E-state index in [9.17, 15) is 4.79 Å². The molecule has 0 spiro atoms. The van der Waals surface area contributed by atoms with E-state index in [2.05, 4.69) is 20.8 Å². The second-order valence-electron chi connectivity index (χ2n) is 4.14. The molecule has 0 aliphatic heterocycles. The molecule has 0 radical (unpaired) electrons.